The maximum absolute atomic E-state index is 10.7. The van der Waals surface area contributed by atoms with E-state index in [9.17, 15) is 4.79 Å². The summed E-state index contributed by atoms with van der Waals surface area (Å²) in [5.74, 6) is 0.557. The number of carboxylic acid groups (broad SMARTS) is 1. The number of fused-ring (bicyclic) bond motifs is 3. The Morgan fingerprint density at radius 2 is 2.11 bits per heavy atom. The van der Waals surface area contributed by atoms with Crippen LogP contribution >= 0.6 is 0 Å². The zero-order valence-electron chi connectivity index (χ0n) is 10.4. The molecule has 3 aromatic rings. The lowest BCUT2D eigenvalue weighted by Crippen LogP contribution is -2.07. The molecule has 6 heteroatoms. The van der Waals surface area contributed by atoms with Crippen LogP contribution in [0.3, 0.4) is 0 Å². The minimum Gasteiger partial charge on any atom is -0.481 e. The molecule has 1 N–H and O–H groups in total. The number of nitrogens with zero attached hydrogens (tertiary/aromatic N) is 4. The van der Waals surface area contributed by atoms with Crippen LogP contribution in [0.25, 0.3) is 16.6 Å². The van der Waals surface area contributed by atoms with E-state index in [0.29, 0.717) is 18.1 Å². The summed E-state index contributed by atoms with van der Waals surface area (Å²) < 4.78 is 1.82. The first-order valence-corrected chi connectivity index (χ1v) is 5.98. The van der Waals surface area contributed by atoms with E-state index in [1.807, 2.05) is 35.6 Å². The summed E-state index contributed by atoms with van der Waals surface area (Å²) in [5.41, 5.74) is 1.53. The highest BCUT2D eigenvalue weighted by Crippen LogP contribution is 2.19. The largest absolute Gasteiger partial charge is 0.481 e. The number of para-hydroxylation sites is 1. The predicted octanol–water partition coefficient (Wildman–Crippen LogP) is 1.60. The lowest BCUT2D eigenvalue weighted by molar-refractivity contribution is -0.137. The Morgan fingerprint density at radius 3 is 2.89 bits per heavy atom. The minimum absolute atomic E-state index is 0.0397. The van der Waals surface area contributed by atoms with Crippen LogP contribution in [0.1, 0.15) is 18.1 Å². The molecule has 2 aromatic heterocycles. The molecule has 19 heavy (non-hydrogen) atoms. The van der Waals surface area contributed by atoms with Crippen LogP contribution in [0, 0.1) is 6.92 Å². The van der Waals surface area contributed by atoms with Gasteiger partial charge in [-0.15, -0.1) is 10.2 Å². The number of benzene rings is 1. The van der Waals surface area contributed by atoms with Crippen molar-refractivity contribution in [3.63, 3.8) is 0 Å². The number of hydrogen-bond donors (Lipinski definition) is 1. The van der Waals surface area contributed by atoms with Crippen molar-refractivity contribution < 1.29 is 9.90 Å². The summed E-state index contributed by atoms with van der Waals surface area (Å²) in [5, 5.41) is 17.9. The Labute approximate surface area is 108 Å². The van der Waals surface area contributed by atoms with E-state index in [-0.39, 0.29) is 6.42 Å². The standard InChI is InChI=1S/C13H12N4O2/c1-8-15-16-13-9-4-2-3-5-10(9)14-11(17(8)13)6-7-12(18)19/h2-5H,6-7H2,1H3,(H,18,19). The molecule has 0 spiro atoms. The van der Waals surface area contributed by atoms with E-state index in [1.54, 1.807) is 0 Å². The van der Waals surface area contributed by atoms with Gasteiger partial charge in [0.25, 0.3) is 0 Å². The molecule has 96 valence electrons. The lowest BCUT2D eigenvalue weighted by atomic mass is 10.2. The van der Waals surface area contributed by atoms with Gasteiger partial charge in [-0.05, 0) is 19.1 Å². The minimum atomic E-state index is -0.839. The third-order valence-electron chi connectivity index (χ3n) is 3.04. The van der Waals surface area contributed by atoms with Crippen LogP contribution in [-0.2, 0) is 11.2 Å². The van der Waals surface area contributed by atoms with Gasteiger partial charge in [0.15, 0.2) is 5.65 Å². The number of aryl methyl sites for hydroxylation is 2. The highest BCUT2D eigenvalue weighted by Gasteiger charge is 2.13. The van der Waals surface area contributed by atoms with E-state index in [0.717, 1.165) is 16.6 Å². The monoisotopic (exact) mass is 256 g/mol. The van der Waals surface area contributed by atoms with Crippen molar-refractivity contribution in [3.05, 3.63) is 35.9 Å². The molecule has 0 radical (unpaired) electrons. The highest BCUT2D eigenvalue weighted by molar-refractivity contribution is 5.91. The molecule has 2 heterocycles. The van der Waals surface area contributed by atoms with Gasteiger partial charge >= 0.3 is 5.97 Å². The van der Waals surface area contributed by atoms with E-state index in [1.165, 1.54) is 0 Å². The van der Waals surface area contributed by atoms with Crippen molar-refractivity contribution in [1.82, 2.24) is 19.6 Å². The summed E-state index contributed by atoms with van der Waals surface area (Å²) >= 11 is 0. The van der Waals surface area contributed by atoms with E-state index in [2.05, 4.69) is 15.2 Å². The van der Waals surface area contributed by atoms with Crippen LogP contribution < -0.4 is 0 Å². The van der Waals surface area contributed by atoms with Gasteiger partial charge in [0.05, 0.1) is 11.9 Å². The second-order valence-corrected chi connectivity index (χ2v) is 4.35. The molecule has 0 aliphatic rings. The average molecular weight is 256 g/mol. The molecule has 0 saturated heterocycles. The van der Waals surface area contributed by atoms with Gasteiger partial charge < -0.3 is 5.11 Å². The molecule has 0 saturated carbocycles. The Bertz CT molecular complexity index is 779. The fourth-order valence-corrected chi connectivity index (χ4v) is 2.18. The molecule has 0 aliphatic carbocycles. The maximum atomic E-state index is 10.7. The first-order chi connectivity index (χ1) is 9.16. The van der Waals surface area contributed by atoms with Gasteiger partial charge in [-0.2, -0.15) is 0 Å². The van der Waals surface area contributed by atoms with Gasteiger partial charge in [0, 0.05) is 11.8 Å². The summed E-state index contributed by atoms with van der Waals surface area (Å²) in [6.07, 6.45) is 0.396. The third kappa shape index (κ3) is 1.91. The van der Waals surface area contributed by atoms with Crippen LogP contribution in [0.2, 0.25) is 0 Å². The molecule has 0 aliphatic heterocycles. The van der Waals surface area contributed by atoms with Gasteiger partial charge in [-0.1, -0.05) is 12.1 Å². The normalized spacial score (nSPS) is 11.2. The number of aromatic nitrogens is 4. The summed E-state index contributed by atoms with van der Waals surface area (Å²) in [6, 6.07) is 7.65. The Hall–Kier alpha value is -2.50. The van der Waals surface area contributed by atoms with Crippen LogP contribution in [0.5, 0.6) is 0 Å². The molecule has 0 atom stereocenters. The van der Waals surface area contributed by atoms with Crippen molar-refractivity contribution >= 4 is 22.5 Å². The van der Waals surface area contributed by atoms with Crippen molar-refractivity contribution in [2.24, 2.45) is 0 Å². The topological polar surface area (TPSA) is 80.4 Å². The van der Waals surface area contributed by atoms with Crippen LogP contribution in [0.15, 0.2) is 24.3 Å². The van der Waals surface area contributed by atoms with Crippen molar-refractivity contribution in [3.8, 4) is 0 Å². The summed E-state index contributed by atoms with van der Waals surface area (Å²) in [7, 11) is 0. The van der Waals surface area contributed by atoms with E-state index in [4.69, 9.17) is 5.11 Å². The van der Waals surface area contributed by atoms with Gasteiger partial charge in [0.2, 0.25) is 0 Å². The zero-order valence-corrected chi connectivity index (χ0v) is 10.4. The first-order valence-electron chi connectivity index (χ1n) is 5.98. The molecule has 0 amide bonds. The third-order valence-corrected chi connectivity index (χ3v) is 3.04. The predicted molar refractivity (Wildman–Crippen MR) is 69.0 cm³/mol. The first kappa shape index (κ1) is 11.6. The number of rotatable bonds is 3. The molecule has 0 unspecified atom stereocenters. The SMILES string of the molecule is Cc1nnc2c3ccccc3nc(CCC(=O)O)n12. The molecular weight excluding hydrogens is 244 g/mol. The van der Waals surface area contributed by atoms with E-state index >= 15 is 0 Å². The number of aliphatic carboxylic acids is 1. The number of hydrogen-bond acceptors (Lipinski definition) is 4. The van der Waals surface area contributed by atoms with Crippen LogP contribution in [-0.4, -0.2) is 30.7 Å². The quantitative estimate of drug-likeness (QED) is 0.769. The molecule has 0 fully saturated rings. The molecule has 6 nitrogen and oxygen atoms in total. The number of carbonyl (C=O) groups is 1. The van der Waals surface area contributed by atoms with Gasteiger partial charge in [-0.25, -0.2) is 4.98 Å². The van der Waals surface area contributed by atoms with Crippen molar-refractivity contribution in [1.29, 1.82) is 0 Å². The van der Waals surface area contributed by atoms with Crippen molar-refractivity contribution in [2.45, 2.75) is 19.8 Å². The summed E-state index contributed by atoms with van der Waals surface area (Å²) in [4.78, 5) is 15.3. The fraction of sp³-hybridized carbons (Fsp3) is 0.231. The number of carboxylic acids is 1. The average Bonchev–Trinajstić information content (AvgIpc) is 2.79. The molecular formula is C13H12N4O2. The highest BCUT2D eigenvalue weighted by atomic mass is 16.4. The summed E-state index contributed by atoms with van der Waals surface area (Å²) in [6.45, 7) is 1.83. The molecule has 0 bridgehead atoms. The van der Waals surface area contributed by atoms with Crippen molar-refractivity contribution in [2.75, 3.05) is 0 Å². The lowest BCUT2D eigenvalue weighted by Gasteiger charge is -2.07. The molecule has 1 aromatic carbocycles. The zero-order chi connectivity index (χ0) is 13.4. The second kappa shape index (κ2) is 4.31. The smallest absolute Gasteiger partial charge is 0.303 e. The molecule has 3 rings (SSSR count). The fourth-order valence-electron chi connectivity index (χ4n) is 2.18. The second-order valence-electron chi connectivity index (χ2n) is 4.35. The maximum Gasteiger partial charge on any atom is 0.303 e. The van der Waals surface area contributed by atoms with Gasteiger partial charge in [0.1, 0.15) is 11.6 Å². The Kier molecular flexibility index (Phi) is 2.63. The Morgan fingerprint density at radius 1 is 1.32 bits per heavy atom. The van der Waals surface area contributed by atoms with E-state index < -0.39 is 5.97 Å². The van der Waals surface area contributed by atoms with Gasteiger partial charge in [-0.3, -0.25) is 9.20 Å². The van der Waals surface area contributed by atoms with Crippen LogP contribution in [0.4, 0.5) is 0 Å². The Balaban J connectivity index is 2.27.